The summed E-state index contributed by atoms with van der Waals surface area (Å²) in [5.74, 6) is 0.355. The molecule has 20 heavy (non-hydrogen) atoms. The molecule has 0 amide bonds. The van der Waals surface area contributed by atoms with E-state index < -0.39 is 5.97 Å². The average Bonchev–Trinajstić information content (AvgIpc) is 2.49. The molecule has 0 aliphatic heterocycles. The summed E-state index contributed by atoms with van der Waals surface area (Å²) in [7, 11) is 1.32. The highest BCUT2D eigenvalue weighted by atomic mass is 16.5. The van der Waals surface area contributed by atoms with E-state index in [0.717, 1.165) is 12.0 Å². The largest absolute Gasteiger partial charge is 0.465 e. The number of hydrogen-bond donors (Lipinski definition) is 1. The maximum atomic E-state index is 11.6. The smallest absolute Gasteiger partial charge is 0.343 e. The summed E-state index contributed by atoms with van der Waals surface area (Å²) in [6.45, 7) is 0.604. The molecule has 2 rings (SSSR count). The van der Waals surface area contributed by atoms with Gasteiger partial charge in [0.2, 0.25) is 5.88 Å². The van der Waals surface area contributed by atoms with Gasteiger partial charge < -0.3 is 15.2 Å². The Hall–Kier alpha value is -2.40. The third-order valence-corrected chi connectivity index (χ3v) is 2.75. The van der Waals surface area contributed by atoms with Crippen LogP contribution in [0.3, 0.4) is 0 Å². The molecule has 5 heteroatoms. The first-order valence-electron chi connectivity index (χ1n) is 6.25. The summed E-state index contributed by atoms with van der Waals surface area (Å²) in [4.78, 5) is 15.7. The van der Waals surface area contributed by atoms with Gasteiger partial charge >= 0.3 is 5.97 Å². The zero-order valence-electron chi connectivity index (χ0n) is 11.2. The van der Waals surface area contributed by atoms with E-state index in [0.29, 0.717) is 17.9 Å². The van der Waals surface area contributed by atoms with Gasteiger partial charge in [0.1, 0.15) is 11.3 Å². The van der Waals surface area contributed by atoms with Crippen LogP contribution in [-0.4, -0.2) is 24.6 Å². The molecule has 0 unspecified atom stereocenters. The number of ether oxygens (including phenoxy) is 2. The topological polar surface area (TPSA) is 74.4 Å². The van der Waals surface area contributed by atoms with E-state index in [-0.39, 0.29) is 5.88 Å². The second-order valence-electron chi connectivity index (χ2n) is 4.13. The average molecular weight is 272 g/mol. The molecule has 0 aliphatic rings. The van der Waals surface area contributed by atoms with Crippen molar-refractivity contribution in [2.24, 2.45) is 5.73 Å². The predicted molar refractivity (Wildman–Crippen MR) is 74.9 cm³/mol. The third-order valence-electron chi connectivity index (χ3n) is 2.75. The second-order valence-corrected chi connectivity index (χ2v) is 4.13. The van der Waals surface area contributed by atoms with Gasteiger partial charge in [0.15, 0.2) is 0 Å². The van der Waals surface area contributed by atoms with E-state index in [1.807, 2.05) is 24.3 Å². The SMILES string of the molecule is COC(=O)c1cccnc1Oc1ccc(CCN)cc1. The van der Waals surface area contributed by atoms with Crippen molar-refractivity contribution in [3.63, 3.8) is 0 Å². The number of carbonyl (C=O) groups excluding carboxylic acids is 1. The van der Waals surface area contributed by atoms with Gasteiger partial charge in [-0.2, -0.15) is 0 Å². The van der Waals surface area contributed by atoms with Crippen molar-refractivity contribution in [2.75, 3.05) is 13.7 Å². The van der Waals surface area contributed by atoms with Gasteiger partial charge in [0.05, 0.1) is 7.11 Å². The third kappa shape index (κ3) is 3.33. The monoisotopic (exact) mass is 272 g/mol. The number of hydrogen-bond acceptors (Lipinski definition) is 5. The Morgan fingerprint density at radius 1 is 1.25 bits per heavy atom. The fourth-order valence-electron chi connectivity index (χ4n) is 1.74. The minimum absolute atomic E-state index is 0.228. The zero-order valence-corrected chi connectivity index (χ0v) is 11.2. The normalized spacial score (nSPS) is 10.1. The Kier molecular flexibility index (Phi) is 4.68. The van der Waals surface area contributed by atoms with Crippen molar-refractivity contribution in [1.82, 2.24) is 4.98 Å². The lowest BCUT2D eigenvalue weighted by atomic mass is 10.1. The number of rotatable bonds is 5. The first-order valence-corrected chi connectivity index (χ1v) is 6.25. The van der Waals surface area contributed by atoms with Crippen LogP contribution in [0.1, 0.15) is 15.9 Å². The number of nitrogens with zero attached hydrogens (tertiary/aromatic N) is 1. The lowest BCUT2D eigenvalue weighted by Crippen LogP contribution is -2.05. The quantitative estimate of drug-likeness (QED) is 0.844. The van der Waals surface area contributed by atoms with Crippen molar-refractivity contribution in [2.45, 2.75) is 6.42 Å². The summed E-state index contributed by atoms with van der Waals surface area (Å²) in [6.07, 6.45) is 2.38. The molecule has 0 bridgehead atoms. The molecule has 0 fully saturated rings. The number of esters is 1. The summed E-state index contributed by atoms with van der Waals surface area (Å²) in [6, 6.07) is 10.8. The van der Waals surface area contributed by atoms with Crippen LogP contribution in [0.25, 0.3) is 0 Å². The maximum Gasteiger partial charge on any atom is 0.343 e. The summed E-state index contributed by atoms with van der Waals surface area (Å²) in [5.41, 5.74) is 6.92. The van der Waals surface area contributed by atoms with E-state index >= 15 is 0 Å². The molecule has 1 heterocycles. The molecule has 104 valence electrons. The molecular formula is C15H16N2O3. The zero-order chi connectivity index (χ0) is 14.4. The molecule has 0 atom stereocenters. The molecule has 1 aromatic heterocycles. The van der Waals surface area contributed by atoms with Gasteiger partial charge in [-0.3, -0.25) is 0 Å². The number of benzene rings is 1. The molecule has 0 saturated carbocycles. The van der Waals surface area contributed by atoms with Gasteiger partial charge in [0, 0.05) is 6.20 Å². The maximum absolute atomic E-state index is 11.6. The molecular weight excluding hydrogens is 256 g/mol. The van der Waals surface area contributed by atoms with Crippen molar-refractivity contribution >= 4 is 5.97 Å². The van der Waals surface area contributed by atoms with Crippen LogP contribution in [0, 0.1) is 0 Å². The second kappa shape index (κ2) is 6.68. The molecule has 1 aromatic carbocycles. The predicted octanol–water partition coefficient (Wildman–Crippen LogP) is 2.16. The highest BCUT2D eigenvalue weighted by Crippen LogP contribution is 2.23. The summed E-state index contributed by atoms with van der Waals surface area (Å²) in [5, 5.41) is 0. The van der Waals surface area contributed by atoms with Crippen molar-refractivity contribution < 1.29 is 14.3 Å². The van der Waals surface area contributed by atoms with Crippen LogP contribution in [-0.2, 0) is 11.2 Å². The van der Waals surface area contributed by atoms with Crippen LogP contribution in [0.2, 0.25) is 0 Å². The lowest BCUT2D eigenvalue weighted by molar-refractivity contribution is 0.0597. The van der Waals surface area contributed by atoms with E-state index in [1.54, 1.807) is 18.3 Å². The molecule has 0 spiro atoms. The van der Waals surface area contributed by atoms with E-state index in [9.17, 15) is 4.79 Å². The Bertz CT molecular complexity index is 582. The molecule has 2 aromatic rings. The first kappa shape index (κ1) is 14.0. The van der Waals surface area contributed by atoms with E-state index in [1.165, 1.54) is 7.11 Å². The van der Waals surface area contributed by atoms with Crippen molar-refractivity contribution in [3.8, 4) is 11.6 Å². The number of pyridine rings is 1. The van der Waals surface area contributed by atoms with Gasteiger partial charge in [-0.25, -0.2) is 9.78 Å². The Balaban J connectivity index is 2.19. The van der Waals surface area contributed by atoms with Crippen molar-refractivity contribution in [1.29, 1.82) is 0 Å². The number of aromatic nitrogens is 1. The number of nitrogens with two attached hydrogens (primary N) is 1. The van der Waals surface area contributed by atoms with Gasteiger partial charge in [-0.15, -0.1) is 0 Å². The van der Waals surface area contributed by atoms with Crippen LogP contribution in [0.5, 0.6) is 11.6 Å². The fraction of sp³-hybridized carbons (Fsp3) is 0.200. The summed E-state index contributed by atoms with van der Waals surface area (Å²) >= 11 is 0. The van der Waals surface area contributed by atoms with Crippen LogP contribution >= 0.6 is 0 Å². The van der Waals surface area contributed by atoms with Gasteiger partial charge in [0.25, 0.3) is 0 Å². The lowest BCUT2D eigenvalue weighted by Gasteiger charge is -2.08. The fourth-order valence-corrected chi connectivity index (χ4v) is 1.74. The minimum atomic E-state index is -0.479. The van der Waals surface area contributed by atoms with Crippen LogP contribution in [0.15, 0.2) is 42.6 Å². The highest BCUT2D eigenvalue weighted by molar-refractivity contribution is 5.91. The number of carbonyl (C=O) groups is 1. The van der Waals surface area contributed by atoms with Gasteiger partial charge in [-0.05, 0) is 42.8 Å². The molecule has 0 radical (unpaired) electrons. The minimum Gasteiger partial charge on any atom is -0.465 e. The summed E-state index contributed by atoms with van der Waals surface area (Å²) < 4.78 is 10.3. The molecule has 0 aliphatic carbocycles. The Morgan fingerprint density at radius 2 is 2.00 bits per heavy atom. The standard InChI is InChI=1S/C15H16N2O3/c1-19-15(18)13-3-2-10-17-14(13)20-12-6-4-11(5-7-12)8-9-16/h2-7,10H,8-9,16H2,1H3. The van der Waals surface area contributed by atoms with Gasteiger partial charge in [-0.1, -0.05) is 12.1 Å². The van der Waals surface area contributed by atoms with E-state index in [4.69, 9.17) is 15.2 Å². The number of methoxy groups -OCH3 is 1. The molecule has 2 N–H and O–H groups in total. The van der Waals surface area contributed by atoms with E-state index in [2.05, 4.69) is 4.98 Å². The molecule has 5 nitrogen and oxygen atoms in total. The Morgan fingerprint density at radius 3 is 2.65 bits per heavy atom. The Labute approximate surface area is 117 Å². The first-order chi connectivity index (χ1) is 9.74. The van der Waals surface area contributed by atoms with Crippen LogP contribution in [0.4, 0.5) is 0 Å². The molecule has 0 saturated heterocycles. The highest BCUT2D eigenvalue weighted by Gasteiger charge is 2.14. The van der Waals surface area contributed by atoms with Crippen molar-refractivity contribution in [3.05, 3.63) is 53.7 Å². The van der Waals surface area contributed by atoms with Crippen LogP contribution < -0.4 is 10.5 Å².